The summed E-state index contributed by atoms with van der Waals surface area (Å²) < 4.78 is 58.9. The molecule has 1 aromatic heterocycles. The molecule has 1 N–H and O–H groups in total. The molecule has 15 nitrogen and oxygen atoms in total. The minimum Gasteiger partial charge on any atom is -0.497 e. The number of hydrogen-bond acceptors (Lipinski definition) is 13. The van der Waals surface area contributed by atoms with E-state index in [0.717, 1.165) is 55.2 Å². The van der Waals surface area contributed by atoms with Gasteiger partial charge in [0, 0.05) is 18.2 Å². The number of aromatic amines is 1. The lowest BCUT2D eigenvalue weighted by Gasteiger charge is -2.37. The molecule has 0 saturated carbocycles. The number of nitrogens with one attached hydrogen (secondary N) is 1. The average Bonchev–Trinajstić information content (AvgIpc) is 1.45. The molecule has 1 saturated heterocycles. The van der Waals surface area contributed by atoms with Gasteiger partial charge in [-0.2, -0.15) is 0 Å². The van der Waals surface area contributed by atoms with Crippen LogP contribution in [0.4, 0.5) is 0 Å². The summed E-state index contributed by atoms with van der Waals surface area (Å²) in [6.45, 7) is 9.86. The largest absolute Gasteiger partial charge is 0.497 e. The highest BCUT2D eigenvalue weighted by molar-refractivity contribution is 5.77. The molecule has 0 aliphatic carbocycles. The molecule has 2 heterocycles. The van der Waals surface area contributed by atoms with Gasteiger partial charge in [-0.1, -0.05) is 364 Å². The average molecular weight is 1540 g/mol. The zero-order valence-corrected chi connectivity index (χ0v) is 70.3. The number of rotatable bonds is 69. The van der Waals surface area contributed by atoms with E-state index in [1.54, 1.807) is 21.1 Å². The van der Waals surface area contributed by atoms with Crippen LogP contribution in [-0.4, -0.2) is 74.3 Å². The van der Waals surface area contributed by atoms with Gasteiger partial charge in [-0.15, -0.1) is 0 Å². The SMILES string of the molecule is CCCCCCCCCCCCCCCCCCOc1cc(COC(=O)CCC(=O)O[C@H]2C[C@H](n3cc(C)c(=O)[nH]c3=O)O[C@@H]2COC(c2ccccc2)(c2ccc(OC)cc2)c2ccc(OC)cc2)cc(OCCCCCCCCCCCCCCCCCC)c1OCCCCCCCCCCCCCCCCCC. The number of H-pyrrole nitrogens is 1. The normalized spacial score (nSPS) is 14.2. The molecule has 5 aromatic rings. The molecule has 0 unspecified atom stereocenters. The monoisotopic (exact) mass is 1540 g/mol. The lowest BCUT2D eigenvalue weighted by atomic mass is 9.80. The van der Waals surface area contributed by atoms with Crippen LogP contribution < -0.4 is 34.9 Å². The van der Waals surface area contributed by atoms with Crippen molar-refractivity contribution in [3.63, 3.8) is 0 Å². The van der Waals surface area contributed by atoms with Crippen LogP contribution in [0.15, 0.2) is 107 Å². The van der Waals surface area contributed by atoms with Crippen LogP contribution in [0, 0.1) is 6.92 Å². The van der Waals surface area contributed by atoms with E-state index >= 15 is 0 Å². The molecule has 0 bridgehead atoms. The Kier molecular flexibility index (Phi) is 49.7. The maximum atomic E-state index is 14.2. The maximum Gasteiger partial charge on any atom is 0.330 e. The number of carbonyl (C=O) groups excluding carboxylic acids is 2. The number of methoxy groups -OCH3 is 2. The standard InChI is InChI=1S/C96H150N2O13/c1-7-10-13-16-19-22-25-28-31-34-37-40-43-46-49-55-70-105-87-73-80(74-88(106-71-56-50-47-44-41-38-35-32-29-26-23-20-17-14-11-8-2)93(87)107-72-57-51-48-45-42-39-36-33-30-27-24-21-18-15-12-9-3)77-108-91(99)68-69-92(100)111-86-75-90(98-76-79(4)94(101)97-95(98)102)110-89(86)78-109-96(81-58-53-52-54-59-81,82-60-64-84(103-5)65-61-82)83-62-66-85(104-6)67-63-83/h52-54,58-67,73-74,76,86,89-90H,7-51,55-57,68-72,75,77-78H2,1-6H3,(H,97,101,102)/t86-,89+,90+/m0/s1. The van der Waals surface area contributed by atoms with Gasteiger partial charge in [-0.3, -0.25) is 23.9 Å². The third-order valence-electron chi connectivity index (χ3n) is 22.3. The molecule has 622 valence electrons. The summed E-state index contributed by atoms with van der Waals surface area (Å²) >= 11 is 0. The third-order valence-corrected chi connectivity index (χ3v) is 22.3. The maximum absolute atomic E-state index is 14.2. The number of carbonyl (C=O) groups is 2. The highest BCUT2D eigenvalue weighted by Gasteiger charge is 2.44. The molecule has 6 rings (SSSR count). The highest BCUT2D eigenvalue weighted by atomic mass is 16.6. The number of esters is 2. The summed E-state index contributed by atoms with van der Waals surface area (Å²) in [5.74, 6) is 1.88. The second-order valence-electron chi connectivity index (χ2n) is 31.7. The Balaban J connectivity index is 1.11. The van der Waals surface area contributed by atoms with Gasteiger partial charge in [-0.25, -0.2) is 4.79 Å². The van der Waals surface area contributed by atoms with E-state index in [1.807, 2.05) is 91.0 Å². The lowest BCUT2D eigenvalue weighted by molar-refractivity contribution is -0.159. The second-order valence-corrected chi connectivity index (χ2v) is 31.7. The molecular formula is C96H150N2O13. The molecule has 15 heteroatoms. The van der Waals surface area contributed by atoms with Gasteiger partial charge in [0.2, 0.25) is 5.75 Å². The first-order chi connectivity index (χ1) is 54.5. The smallest absolute Gasteiger partial charge is 0.330 e. The number of benzene rings is 4. The Morgan fingerprint density at radius 1 is 0.450 bits per heavy atom. The fraction of sp³-hybridized carbons (Fsp3) is 0.688. The first-order valence-corrected chi connectivity index (χ1v) is 44.9. The van der Waals surface area contributed by atoms with Crippen LogP contribution in [0.5, 0.6) is 28.7 Å². The quantitative estimate of drug-likeness (QED) is 0.0222. The molecule has 0 spiro atoms. The van der Waals surface area contributed by atoms with Gasteiger partial charge in [0.1, 0.15) is 42.1 Å². The number of aryl methyl sites for hydroxylation is 1. The summed E-state index contributed by atoms with van der Waals surface area (Å²) in [6.07, 6.45) is 60.3. The topological polar surface area (TPSA) is 172 Å². The van der Waals surface area contributed by atoms with Crippen LogP contribution in [0.3, 0.4) is 0 Å². The molecule has 0 radical (unpaired) electrons. The molecule has 111 heavy (non-hydrogen) atoms. The zero-order chi connectivity index (χ0) is 78.9. The van der Waals surface area contributed by atoms with Crippen LogP contribution in [0.1, 0.15) is 382 Å². The van der Waals surface area contributed by atoms with Gasteiger partial charge in [0.25, 0.3) is 5.56 Å². The van der Waals surface area contributed by atoms with Crippen LogP contribution >= 0.6 is 0 Å². The lowest BCUT2D eigenvalue weighted by Crippen LogP contribution is -2.39. The van der Waals surface area contributed by atoms with Crippen molar-refractivity contribution in [2.45, 2.75) is 386 Å². The van der Waals surface area contributed by atoms with Crippen molar-refractivity contribution in [1.82, 2.24) is 9.55 Å². The van der Waals surface area contributed by atoms with Gasteiger partial charge < -0.3 is 42.6 Å². The predicted octanol–water partition coefficient (Wildman–Crippen LogP) is 25.5. The van der Waals surface area contributed by atoms with Crippen LogP contribution in [-0.2, 0) is 40.7 Å². The molecular weight excluding hydrogens is 1390 g/mol. The van der Waals surface area contributed by atoms with E-state index in [4.69, 9.17) is 42.6 Å². The summed E-state index contributed by atoms with van der Waals surface area (Å²) in [5.41, 5.74) is 0.941. The molecule has 0 amide bonds. The van der Waals surface area contributed by atoms with E-state index < -0.39 is 47.2 Å². The fourth-order valence-corrected chi connectivity index (χ4v) is 15.5. The number of nitrogens with zero attached hydrogens (tertiary/aromatic N) is 1. The van der Waals surface area contributed by atoms with Crippen molar-refractivity contribution >= 4 is 11.9 Å². The van der Waals surface area contributed by atoms with Gasteiger partial charge in [0.15, 0.2) is 11.5 Å². The van der Waals surface area contributed by atoms with Crippen molar-refractivity contribution in [3.8, 4) is 28.7 Å². The number of unbranched alkanes of at least 4 members (excludes halogenated alkanes) is 45. The van der Waals surface area contributed by atoms with Crippen molar-refractivity contribution in [2.75, 3.05) is 40.6 Å². The number of hydrogen-bond donors (Lipinski definition) is 1. The Morgan fingerprint density at radius 3 is 1.18 bits per heavy atom. The van der Waals surface area contributed by atoms with E-state index in [-0.39, 0.29) is 32.5 Å². The first kappa shape index (κ1) is 93.3. The molecule has 4 aromatic carbocycles. The Hall–Kier alpha value is -6.58. The number of ether oxygens (including phenoxy) is 9. The van der Waals surface area contributed by atoms with Gasteiger partial charge in [0.05, 0.1) is 53.5 Å². The molecule has 1 fully saturated rings. The van der Waals surface area contributed by atoms with Crippen LogP contribution in [0.2, 0.25) is 0 Å². The molecule has 1 aliphatic heterocycles. The van der Waals surface area contributed by atoms with Crippen LogP contribution in [0.25, 0.3) is 0 Å². The Morgan fingerprint density at radius 2 is 0.802 bits per heavy atom. The van der Waals surface area contributed by atoms with E-state index in [0.29, 0.717) is 59.7 Å². The Bertz CT molecular complexity index is 3190. The zero-order valence-electron chi connectivity index (χ0n) is 70.3. The molecule has 1 aliphatic rings. The van der Waals surface area contributed by atoms with E-state index in [9.17, 15) is 19.2 Å². The van der Waals surface area contributed by atoms with Crippen molar-refractivity contribution in [3.05, 3.63) is 146 Å². The summed E-state index contributed by atoms with van der Waals surface area (Å²) in [4.78, 5) is 56.6. The predicted molar refractivity (Wildman–Crippen MR) is 453 cm³/mol. The minimum absolute atomic E-state index is 0.0476. The first-order valence-electron chi connectivity index (χ1n) is 44.9. The van der Waals surface area contributed by atoms with Crippen molar-refractivity contribution in [1.29, 1.82) is 0 Å². The van der Waals surface area contributed by atoms with Crippen molar-refractivity contribution in [2.24, 2.45) is 0 Å². The summed E-state index contributed by atoms with van der Waals surface area (Å²) in [5, 5.41) is 0. The highest BCUT2D eigenvalue weighted by Crippen LogP contribution is 2.44. The van der Waals surface area contributed by atoms with Gasteiger partial charge in [-0.05, 0) is 84.8 Å². The minimum atomic E-state index is -1.25. The summed E-state index contributed by atoms with van der Waals surface area (Å²) in [7, 11) is 3.23. The van der Waals surface area contributed by atoms with Gasteiger partial charge >= 0.3 is 17.6 Å². The third kappa shape index (κ3) is 37.5. The summed E-state index contributed by atoms with van der Waals surface area (Å²) in [6, 6.07) is 29.0. The second kappa shape index (κ2) is 59.2. The van der Waals surface area contributed by atoms with Crippen molar-refractivity contribution < 1.29 is 52.2 Å². The van der Waals surface area contributed by atoms with E-state index in [1.165, 1.54) is 280 Å². The number of aromatic nitrogens is 2. The fourth-order valence-electron chi connectivity index (χ4n) is 15.5. The molecule has 3 atom stereocenters. The van der Waals surface area contributed by atoms with E-state index in [2.05, 4.69) is 25.8 Å². The Labute approximate surface area is 671 Å².